The summed E-state index contributed by atoms with van der Waals surface area (Å²) in [5.41, 5.74) is 0. The Balaban J connectivity index is 2.05. The molecule has 2 rings (SSSR count). The molecule has 1 fully saturated rings. The van der Waals surface area contributed by atoms with Crippen LogP contribution in [0.5, 0.6) is 0 Å². The molecule has 3 nitrogen and oxygen atoms in total. The van der Waals surface area contributed by atoms with Crippen LogP contribution in [-0.2, 0) is 4.79 Å². The molecule has 0 aromatic carbocycles. The average molecular weight is 229 g/mol. The summed E-state index contributed by atoms with van der Waals surface area (Å²) >= 11 is 3.39. The van der Waals surface area contributed by atoms with Crippen molar-refractivity contribution in [2.45, 2.75) is 18.3 Å². The molecule has 1 saturated heterocycles. The highest BCUT2D eigenvalue weighted by atomic mass is 32.2. The van der Waals surface area contributed by atoms with Gasteiger partial charge < -0.3 is 5.11 Å². The quantitative estimate of drug-likeness (QED) is 0.812. The van der Waals surface area contributed by atoms with E-state index in [-0.39, 0.29) is 5.37 Å². The number of rotatable bonds is 2. The van der Waals surface area contributed by atoms with Crippen molar-refractivity contribution < 1.29 is 9.90 Å². The number of carboxylic acids is 1. The van der Waals surface area contributed by atoms with E-state index in [2.05, 4.69) is 24.4 Å². The first-order valence-corrected chi connectivity index (χ1v) is 6.20. The molecular weight excluding hydrogens is 218 g/mol. The minimum Gasteiger partial charge on any atom is -0.480 e. The SMILES string of the molecule is Cc1ccc([C@@H]2N[C@H](C(=O)O)CS2)s1. The number of aryl methyl sites for hydroxylation is 1. The normalized spacial score (nSPS) is 26.6. The fourth-order valence-electron chi connectivity index (χ4n) is 1.37. The number of aliphatic carboxylic acids is 1. The van der Waals surface area contributed by atoms with E-state index in [0.717, 1.165) is 0 Å². The van der Waals surface area contributed by atoms with Gasteiger partial charge in [-0.15, -0.1) is 23.1 Å². The summed E-state index contributed by atoms with van der Waals surface area (Å²) in [6, 6.07) is 3.73. The average Bonchev–Trinajstić information content (AvgIpc) is 2.70. The second-order valence-electron chi connectivity index (χ2n) is 3.22. The summed E-state index contributed by atoms with van der Waals surface area (Å²) in [7, 11) is 0. The third-order valence-electron chi connectivity index (χ3n) is 2.10. The van der Waals surface area contributed by atoms with Crippen LogP contribution in [0.1, 0.15) is 15.1 Å². The van der Waals surface area contributed by atoms with Gasteiger partial charge in [0.25, 0.3) is 0 Å². The van der Waals surface area contributed by atoms with E-state index in [0.29, 0.717) is 5.75 Å². The molecule has 5 heteroatoms. The standard InChI is InChI=1S/C9H11NO2S2/c1-5-2-3-7(14-5)8-10-6(4-13-8)9(11)12/h2-3,6,8,10H,4H2,1H3,(H,11,12)/t6-,8+/m0/s1. The van der Waals surface area contributed by atoms with Crippen LogP contribution in [0.2, 0.25) is 0 Å². The number of carbonyl (C=O) groups is 1. The molecule has 0 saturated carbocycles. The minimum atomic E-state index is -0.756. The van der Waals surface area contributed by atoms with Gasteiger partial charge in [-0.3, -0.25) is 10.1 Å². The van der Waals surface area contributed by atoms with Crippen LogP contribution in [-0.4, -0.2) is 22.9 Å². The van der Waals surface area contributed by atoms with Gasteiger partial charge in [0.1, 0.15) is 6.04 Å². The summed E-state index contributed by atoms with van der Waals surface area (Å²) in [5.74, 6) is -0.106. The lowest BCUT2D eigenvalue weighted by Crippen LogP contribution is -2.33. The number of thioether (sulfide) groups is 1. The molecule has 2 heterocycles. The summed E-state index contributed by atoms with van der Waals surface area (Å²) in [6.45, 7) is 2.06. The van der Waals surface area contributed by atoms with E-state index < -0.39 is 12.0 Å². The largest absolute Gasteiger partial charge is 0.480 e. The van der Waals surface area contributed by atoms with Crippen molar-refractivity contribution in [2.75, 3.05) is 5.75 Å². The zero-order chi connectivity index (χ0) is 10.1. The van der Waals surface area contributed by atoms with Gasteiger partial charge >= 0.3 is 5.97 Å². The van der Waals surface area contributed by atoms with Gasteiger partial charge in [-0.2, -0.15) is 0 Å². The minimum absolute atomic E-state index is 0.162. The van der Waals surface area contributed by atoms with Crippen molar-refractivity contribution in [1.29, 1.82) is 0 Å². The molecule has 1 aliphatic heterocycles. The Kier molecular flexibility index (Phi) is 2.80. The Hall–Kier alpha value is -0.520. The first-order valence-electron chi connectivity index (χ1n) is 4.33. The van der Waals surface area contributed by atoms with Crippen molar-refractivity contribution >= 4 is 29.1 Å². The van der Waals surface area contributed by atoms with Gasteiger partial charge in [0, 0.05) is 15.5 Å². The zero-order valence-corrected chi connectivity index (χ0v) is 9.32. The molecule has 0 spiro atoms. The molecule has 0 unspecified atom stereocenters. The van der Waals surface area contributed by atoms with Crippen LogP contribution in [0.4, 0.5) is 0 Å². The molecule has 1 aromatic rings. The van der Waals surface area contributed by atoms with Gasteiger partial charge in [-0.1, -0.05) is 0 Å². The van der Waals surface area contributed by atoms with Gasteiger partial charge in [0.15, 0.2) is 0 Å². The lowest BCUT2D eigenvalue weighted by molar-refractivity contribution is -0.138. The Bertz CT molecular complexity index is 350. The maximum Gasteiger partial charge on any atom is 0.321 e. The van der Waals surface area contributed by atoms with Crippen molar-refractivity contribution in [3.63, 3.8) is 0 Å². The molecule has 2 atom stereocenters. The van der Waals surface area contributed by atoms with Crippen LogP contribution in [0.3, 0.4) is 0 Å². The Morgan fingerprint density at radius 1 is 1.64 bits per heavy atom. The highest BCUT2D eigenvalue weighted by Gasteiger charge is 2.30. The number of thiophene rings is 1. The molecule has 1 aromatic heterocycles. The molecule has 0 aliphatic carbocycles. The fraction of sp³-hybridized carbons (Fsp3) is 0.444. The molecule has 0 bridgehead atoms. The molecular formula is C9H11NO2S2. The lowest BCUT2D eigenvalue weighted by atomic mass is 10.3. The van der Waals surface area contributed by atoms with Gasteiger partial charge in [-0.05, 0) is 19.1 Å². The maximum absolute atomic E-state index is 10.7. The molecule has 1 aliphatic rings. The van der Waals surface area contributed by atoms with Gasteiger partial charge in [-0.25, -0.2) is 0 Å². The number of carboxylic acid groups (broad SMARTS) is 1. The first-order chi connectivity index (χ1) is 6.66. The summed E-state index contributed by atoms with van der Waals surface area (Å²) in [5, 5.41) is 12.1. The highest BCUT2D eigenvalue weighted by Crippen LogP contribution is 2.36. The number of hydrogen-bond acceptors (Lipinski definition) is 4. The third kappa shape index (κ3) is 1.94. The fourth-order valence-corrected chi connectivity index (χ4v) is 3.67. The van der Waals surface area contributed by atoms with Crippen LogP contribution < -0.4 is 5.32 Å². The first kappa shape index (κ1) is 10.0. The van der Waals surface area contributed by atoms with Crippen molar-refractivity contribution in [3.05, 3.63) is 21.9 Å². The van der Waals surface area contributed by atoms with Crippen molar-refractivity contribution in [1.82, 2.24) is 5.32 Å². The van der Waals surface area contributed by atoms with Gasteiger partial charge in [0.05, 0.1) is 5.37 Å². The highest BCUT2D eigenvalue weighted by molar-refractivity contribution is 7.99. The topological polar surface area (TPSA) is 49.3 Å². The molecule has 2 N–H and O–H groups in total. The molecule has 0 radical (unpaired) electrons. The molecule has 76 valence electrons. The second kappa shape index (κ2) is 3.92. The lowest BCUT2D eigenvalue weighted by Gasteiger charge is -2.07. The number of hydrogen-bond donors (Lipinski definition) is 2. The Morgan fingerprint density at radius 3 is 2.93 bits per heavy atom. The third-order valence-corrected chi connectivity index (χ3v) is 4.56. The van der Waals surface area contributed by atoms with E-state index in [1.807, 2.05) is 0 Å². The van der Waals surface area contributed by atoms with E-state index in [1.165, 1.54) is 9.75 Å². The zero-order valence-electron chi connectivity index (χ0n) is 7.69. The van der Waals surface area contributed by atoms with Crippen LogP contribution in [0, 0.1) is 6.92 Å². The number of nitrogens with one attached hydrogen (secondary N) is 1. The van der Waals surface area contributed by atoms with E-state index in [4.69, 9.17) is 5.11 Å². The van der Waals surface area contributed by atoms with Crippen LogP contribution in [0.15, 0.2) is 12.1 Å². The Morgan fingerprint density at radius 2 is 2.43 bits per heavy atom. The second-order valence-corrected chi connectivity index (χ2v) is 5.68. The van der Waals surface area contributed by atoms with E-state index >= 15 is 0 Å². The van der Waals surface area contributed by atoms with Crippen molar-refractivity contribution in [3.8, 4) is 0 Å². The monoisotopic (exact) mass is 229 g/mol. The van der Waals surface area contributed by atoms with Crippen LogP contribution >= 0.6 is 23.1 Å². The van der Waals surface area contributed by atoms with E-state index in [9.17, 15) is 4.79 Å². The predicted octanol–water partition coefficient (Wildman–Crippen LogP) is 1.84. The van der Waals surface area contributed by atoms with E-state index in [1.54, 1.807) is 23.1 Å². The smallest absolute Gasteiger partial charge is 0.321 e. The van der Waals surface area contributed by atoms with Crippen LogP contribution in [0.25, 0.3) is 0 Å². The molecule has 0 amide bonds. The summed E-state index contributed by atoms with van der Waals surface area (Å²) in [4.78, 5) is 13.2. The molecule has 14 heavy (non-hydrogen) atoms. The maximum atomic E-state index is 10.7. The predicted molar refractivity (Wildman–Crippen MR) is 58.8 cm³/mol. The Labute approximate surface area is 90.5 Å². The van der Waals surface area contributed by atoms with Gasteiger partial charge in [0.2, 0.25) is 0 Å². The van der Waals surface area contributed by atoms with Crippen molar-refractivity contribution in [2.24, 2.45) is 0 Å². The summed E-state index contributed by atoms with van der Waals surface area (Å²) < 4.78 is 0. The summed E-state index contributed by atoms with van der Waals surface area (Å²) in [6.07, 6.45) is 0.